The number of aliphatic hydroxyl groups excluding tert-OH is 6. The van der Waals surface area contributed by atoms with Crippen molar-refractivity contribution in [3.05, 3.63) is 0 Å². The van der Waals surface area contributed by atoms with Crippen LogP contribution >= 0.6 is 0 Å². The van der Waals surface area contributed by atoms with E-state index in [1.165, 1.54) is 0 Å². The van der Waals surface area contributed by atoms with Crippen LogP contribution in [0.4, 0.5) is 0 Å². The summed E-state index contributed by atoms with van der Waals surface area (Å²) < 4.78 is 0. The Labute approximate surface area is 197 Å². The summed E-state index contributed by atoms with van der Waals surface area (Å²) >= 11 is 0. The van der Waals surface area contributed by atoms with E-state index >= 15 is 0 Å². The summed E-state index contributed by atoms with van der Waals surface area (Å²) in [5.41, 5.74) is 0. The molecule has 0 aliphatic heterocycles. The highest BCUT2D eigenvalue weighted by Crippen LogP contribution is 1.94. The van der Waals surface area contributed by atoms with Crippen molar-refractivity contribution >= 4 is 70.5 Å². The number of rotatable bonds is 9. The van der Waals surface area contributed by atoms with Crippen molar-refractivity contribution in [2.45, 2.75) is 36.6 Å². The fourth-order valence-corrected chi connectivity index (χ4v) is 0.810. The van der Waals surface area contributed by atoms with Gasteiger partial charge in [0.1, 0.15) is 0 Å². The van der Waals surface area contributed by atoms with E-state index in [-0.39, 0.29) is 34.7 Å². The van der Waals surface area contributed by atoms with Gasteiger partial charge in [-0.15, -0.1) is 0 Å². The highest BCUT2D eigenvalue weighted by molar-refractivity contribution is 5.84. The standard InChI is InChI=1S/3C4H6O6.2Al/c3*5-1(3(7)8)2(6)4(9)10;;/h3*1-2,5-6H,(H,7,8)(H,9,10);;/t3*1-,2-;;/m111../s1. The maximum Gasteiger partial charge on any atom is 0.335 e. The van der Waals surface area contributed by atoms with Crippen molar-refractivity contribution < 1.29 is 90.0 Å². The summed E-state index contributed by atoms with van der Waals surface area (Å²) in [6.07, 6.45) is -13.6. The molecule has 0 saturated carbocycles. The maximum atomic E-state index is 9.77. The van der Waals surface area contributed by atoms with Crippen LogP contribution in [0.25, 0.3) is 0 Å². The zero-order valence-electron chi connectivity index (χ0n) is 15.4. The second-order valence-electron chi connectivity index (χ2n) is 4.70. The predicted octanol–water partition coefficient (Wildman–Crippen LogP) is -7.13. The van der Waals surface area contributed by atoms with Gasteiger partial charge in [0.15, 0.2) is 36.6 Å². The van der Waals surface area contributed by atoms with E-state index in [0.29, 0.717) is 0 Å². The molecule has 0 aromatic carbocycles. The zero-order valence-corrected chi connectivity index (χ0v) is 17.7. The third-order valence-electron chi connectivity index (χ3n) is 2.42. The van der Waals surface area contributed by atoms with Gasteiger partial charge in [0.25, 0.3) is 0 Å². The normalized spacial score (nSPS) is 14.8. The second kappa shape index (κ2) is 19.3. The first-order chi connectivity index (χ1) is 13.4. The highest BCUT2D eigenvalue weighted by Gasteiger charge is 2.30. The molecule has 18 nitrogen and oxygen atoms in total. The molecule has 0 unspecified atom stereocenters. The van der Waals surface area contributed by atoms with Crippen molar-refractivity contribution in [3.8, 4) is 0 Å². The number of carbonyl (C=O) groups is 6. The molecule has 0 aromatic heterocycles. The molecule has 0 rings (SSSR count). The van der Waals surface area contributed by atoms with Crippen LogP contribution in [0.15, 0.2) is 0 Å². The Bertz CT molecular complexity index is 498. The smallest absolute Gasteiger partial charge is 0.335 e. The number of hydrogen-bond acceptors (Lipinski definition) is 12. The number of carboxylic acids is 6. The van der Waals surface area contributed by atoms with Crippen LogP contribution in [0.3, 0.4) is 0 Å². The first-order valence-corrected chi connectivity index (χ1v) is 6.85. The average molecular weight is 504 g/mol. The van der Waals surface area contributed by atoms with Crippen molar-refractivity contribution in [2.24, 2.45) is 0 Å². The lowest BCUT2D eigenvalue weighted by molar-refractivity contribution is -0.165. The van der Waals surface area contributed by atoms with Crippen LogP contribution in [0, 0.1) is 0 Å². The van der Waals surface area contributed by atoms with Crippen LogP contribution in [0.2, 0.25) is 0 Å². The number of carboxylic acid groups (broad SMARTS) is 6. The van der Waals surface area contributed by atoms with Gasteiger partial charge >= 0.3 is 35.8 Å². The average Bonchev–Trinajstić information content (AvgIpc) is 2.64. The monoisotopic (exact) mass is 504 g/mol. The molecule has 0 fully saturated rings. The van der Waals surface area contributed by atoms with E-state index in [1.54, 1.807) is 0 Å². The van der Waals surface area contributed by atoms with Crippen LogP contribution in [0.1, 0.15) is 0 Å². The van der Waals surface area contributed by atoms with Gasteiger partial charge in [-0.2, -0.15) is 0 Å². The van der Waals surface area contributed by atoms with Crippen molar-refractivity contribution in [1.29, 1.82) is 0 Å². The summed E-state index contributed by atoms with van der Waals surface area (Å²) in [4.78, 5) is 58.6. The Morgan fingerprint density at radius 2 is 0.375 bits per heavy atom. The minimum absolute atomic E-state index is 0. The van der Waals surface area contributed by atoms with Crippen molar-refractivity contribution in [1.82, 2.24) is 0 Å². The van der Waals surface area contributed by atoms with Gasteiger partial charge in [0.05, 0.1) is 0 Å². The molecule has 0 heterocycles. The fourth-order valence-electron chi connectivity index (χ4n) is 0.810. The van der Waals surface area contributed by atoms with Gasteiger partial charge in [-0.25, -0.2) is 28.8 Å². The molecule has 20 heteroatoms. The second-order valence-corrected chi connectivity index (χ2v) is 4.70. The zero-order chi connectivity index (χ0) is 24.9. The molecule has 0 aliphatic carbocycles. The molecule has 0 aliphatic rings. The molecule has 32 heavy (non-hydrogen) atoms. The molecule has 0 bridgehead atoms. The fraction of sp³-hybridized carbons (Fsp3) is 0.500. The van der Waals surface area contributed by atoms with E-state index in [1.807, 2.05) is 0 Å². The summed E-state index contributed by atoms with van der Waals surface area (Å²) in [6, 6.07) is 0. The lowest BCUT2D eigenvalue weighted by Crippen LogP contribution is -2.39. The summed E-state index contributed by atoms with van der Waals surface area (Å²) in [7, 11) is 0. The lowest BCUT2D eigenvalue weighted by Gasteiger charge is -2.07. The third-order valence-corrected chi connectivity index (χ3v) is 2.42. The minimum Gasteiger partial charge on any atom is -0.479 e. The Hall–Kier alpha value is -2.36. The van der Waals surface area contributed by atoms with Gasteiger partial charge in [0.2, 0.25) is 0 Å². The quantitative estimate of drug-likeness (QED) is 0.130. The SMILES string of the molecule is O=C(O)[C@H](O)[C@@H](O)C(=O)O.O=C(O)[C@H](O)[C@@H](O)C(=O)O.O=C(O)[C@H](O)[C@@H](O)C(=O)O.[Al].[Al]. The molecule has 0 aromatic rings. The molecule has 0 spiro atoms. The molecule has 0 saturated heterocycles. The largest absolute Gasteiger partial charge is 0.479 e. The van der Waals surface area contributed by atoms with Crippen LogP contribution in [-0.2, 0) is 28.8 Å². The number of hydrogen-bond donors (Lipinski definition) is 12. The Kier molecular flexibility index (Phi) is 24.2. The maximum absolute atomic E-state index is 9.77. The highest BCUT2D eigenvalue weighted by atomic mass is 27.0. The summed E-state index contributed by atoms with van der Waals surface area (Å²) in [5.74, 6) is -10.6. The first-order valence-electron chi connectivity index (χ1n) is 6.85. The Balaban J connectivity index is -0.000000110. The molecule has 12 N–H and O–H groups in total. The Morgan fingerprint density at radius 3 is 0.406 bits per heavy atom. The summed E-state index contributed by atoms with van der Waals surface area (Å²) in [6.45, 7) is 0. The predicted molar refractivity (Wildman–Crippen MR) is 93.4 cm³/mol. The third kappa shape index (κ3) is 17.3. The topological polar surface area (TPSA) is 345 Å². The van der Waals surface area contributed by atoms with E-state index in [0.717, 1.165) is 0 Å². The molecule has 6 radical (unpaired) electrons. The van der Waals surface area contributed by atoms with Crippen molar-refractivity contribution in [2.75, 3.05) is 0 Å². The van der Waals surface area contributed by atoms with Crippen LogP contribution < -0.4 is 0 Å². The Morgan fingerprint density at radius 1 is 0.312 bits per heavy atom. The van der Waals surface area contributed by atoms with Crippen LogP contribution in [-0.4, -0.2) is 168 Å². The van der Waals surface area contributed by atoms with Gasteiger partial charge in [-0.1, -0.05) is 0 Å². The molecule has 180 valence electrons. The first kappa shape index (κ1) is 40.0. The number of aliphatic hydroxyl groups is 6. The van der Waals surface area contributed by atoms with Gasteiger partial charge < -0.3 is 61.3 Å². The van der Waals surface area contributed by atoms with E-state index in [9.17, 15) is 28.8 Å². The number of aliphatic carboxylic acids is 6. The minimum atomic E-state index is -2.27. The van der Waals surface area contributed by atoms with Gasteiger partial charge in [-0.3, -0.25) is 0 Å². The van der Waals surface area contributed by atoms with Gasteiger partial charge in [-0.05, 0) is 0 Å². The van der Waals surface area contributed by atoms with Gasteiger partial charge in [0, 0.05) is 34.7 Å². The molecule has 0 amide bonds. The summed E-state index contributed by atoms with van der Waals surface area (Å²) in [5, 5.41) is 97.6. The molecular formula is C12H18Al2O18. The van der Waals surface area contributed by atoms with E-state index < -0.39 is 72.4 Å². The van der Waals surface area contributed by atoms with Crippen LogP contribution in [0.5, 0.6) is 0 Å². The van der Waals surface area contributed by atoms with Crippen molar-refractivity contribution in [3.63, 3.8) is 0 Å². The van der Waals surface area contributed by atoms with E-state index in [2.05, 4.69) is 0 Å². The molecular weight excluding hydrogens is 486 g/mol. The lowest BCUT2D eigenvalue weighted by atomic mass is 10.2. The van der Waals surface area contributed by atoms with E-state index in [4.69, 9.17) is 61.3 Å². The molecule has 6 atom stereocenters.